The van der Waals surface area contributed by atoms with Crippen molar-refractivity contribution >= 4 is 58.0 Å². The van der Waals surface area contributed by atoms with Gasteiger partial charge >= 0.3 is 0 Å². The molecule has 3 nitrogen and oxygen atoms in total. The third-order valence-corrected chi connectivity index (χ3v) is 4.31. The molecule has 1 aromatic heterocycles. The summed E-state index contributed by atoms with van der Waals surface area (Å²) in [6, 6.07) is 9.05. The minimum Gasteiger partial charge on any atom is -0.310 e. The number of hydrogen-bond donors (Lipinski definition) is 0. The van der Waals surface area contributed by atoms with Crippen LogP contribution in [0.3, 0.4) is 0 Å². The summed E-state index contributed by atoms with van der Waals surface area (Å²) in [4.78, 5) is 17.7. The normalized spacial score (nSPS) is 10.4. The lowest BCUT2D eigenvalue weighted by molar-refractivity contribution is 0.0988. The fraction of sp³-hybridized carbons (Fsp3) is 0.0769. The minimum atomic E-state index is -0.429. The number of para-hydroxylation sites is 1. The van der Waals surface area contributed by atoms with Crippen molar-refractivity contribution in [3.63, 3.8) is 0 Å². The lowest BCUT2D eigenvalue weighted by Gasteiger charge is -2.18. The van der Waals surface area contributed by atoms with Crippen molar-refractivity contribution in [3.05, 3.63) is 56.2 Å². The molecule has 1 heterocycles. The highest BCUT2D eigenvalue weighted by Gasteiger charge is 2.23. The quantitative estimate of drug-likeness (QED) is 0.717. The van der Waals surface area contributed by atoms with Gasteiger partial charge in [0.1, 0.15) is 5.15 Å². The molecule has 7 heteroatoms. The molecule has 0 unspecified atom stereocenters. The summed E-state index contributed by atoms with van der Waals surface area (Å²) in [6.07, 6.45) is 0. The molecule has 1 aromatic carbocycles. The molecule has 0 aliphatic rings. The Bertz CT molecular complexity index is 661. The first-order valence-electron chi connectivity index (χ1n) is 5.46. The van der Waals surface area contributed by atoms with Crippen molar-refractivity contribution in [1.29, 1.82) is 0 Å². The van der Waals surface area contributed by atoms with E-state index in [2.05, 4.69) is 4.98 Å². The van der Waals surface area contributed by atoms with Gasteiger partial charge in [0.25, 0.3) is 5.91 Å². The molecule has 104 valence electrons. The second-order valence-electron chi connectivity index (χ2n) is 3.89. The van der Waals surface area contributed by atoms with E-state index in [0.29, 0.717) is 5.69 Å². The van der Waals surface area contributed by atoms with E-state index in [1.807, 2.05) is 18.2 Å². The fourth-order valence-corrected chi connectivity index (χ4v) is 2.37. The molecule has 0 aliphatic heterocycles. The lowest BCUT2D eigenvalue weighted by Crippen LogP contribution is -2.27. The van der Waals surface area contributed by atoms with Crippen LogP contribution in [0, 0.1) is 0 Å². The molecule has 0 aliphatic carbocycles. The van der Waals surface area contributed by atoms with Gasteiger partial charge in [-0.15, -0.1) is 0 Å². The predicted molar refractivity (Wildman–Crippen MR) is 83.5 cm³/mol. The van der Waals surface area contributed by atoms with Crippen molar-refractivity contribution in [1.82, 2.24) is 4.98 Å². The summed E-state index contributed by atoms with van der Waals surface area (Å²) in [6.45, 7) is 0. The first-order valence-corrected chi connectivity index (χ1v) is 6.97. The maximum absolute atomic E-state index is 12.4. The molecule has 1 amide bonds. The van der Waals surface area contributed by atoms with Crippen LogP contribution in [-0.4, -0.2) is 17.9 Å². The van der Waals surface area contributed by atoms with E-state index in [0.717, 1.165) is 0 Å². The van der Waals surface area contributed by atoms with Crippen molar-refractivity contribution in [2.24, 2.45) is 0 Å². The molecule has 0 bridgehead atoms. The third kappa shape index (κ3) is 2.86. The maximum Gasteiger partial charge on any atom is 0.278 e. The number of halogens is 4. The summed E-state index contributed by atoms with van der Waals surface area (Å²) in [5.74, 6) is -0.429. The number of anilines is 1. The second-order valence-corrected chi connectivity index (χ2v) is 5.38. The van der Waals surface area contributed by atoms with Gasteiger partial charge in [0.05, 0.1) is 15.1 Å². The summed E-state index contributed by atoms with van der Waals surface area (Å²) < 4.78 is 0. The van der Waals surface area contributed by atoms with Gasteiger partial charge in [-0.3, -0.25) is 4.79 Å². The summed E-state index contributed by atoms with van der Waals surface area (Å²) in [5.41, 5.74) is 0.648. The molecule has 2 aromatic rings. The Morgan fingerprint density at radius 1 is 1.00 bits per heavy atom. The van der Waals surface area contributed by atoms with Gasteiger partial charge in [-0.2, -0.15) is 0 Å². The van der Waals surface area contributed by atoms with Crippen LogP contribution < -0.4 is 4.90 Å². The van der Waals surface area contributed by atoms with Gasteiger partial charge in [-0.05, 0) is 12.1 Å². The topological polar surface area (TPSA) is 33.2 Å². The number of pyridine rings is 1. The number of carbonyl (C=O) groups excluding carboxylic acids is 1. The average molecular weight is 350 g/mol. The predicted octanol–water partition coefficient (Wildman–Crippen LogP) is 4.97. The monoisotopic (exact) mass is 348 g/mol. The largest absolute Gasteiger partial charge is 0.310 e. The van der Waals surface area contributed by atoms with E-state index < -0.39 is 5.91 Å². The van der Waals surface area contributed by atoms with Crippen LogP contribution in [-0.2, 0) is 0 Å². The Kier molecular flexibility index (Phi) is 4.76. The van der Waals surface area contributed by atoms with Crippen molar-refractivity contribution < 1.29 is 4.79 Å². The zero-order valence-electron chi connectivity index (χ0n) is 10.2. The zero-order valence-corrected chi connectivity index (χ0v) is 13.2. The van der Waals surface area contributed by atoms with Crippen LogP contribution in [0.5, 0.6) is 0 Å². The van der Waals surface area contributed by atoms with Crippen LogP contribution in [0.15, 0.2) is 30.3 Å². The minimum absolute atomic E-state index is 0.0122. The molecule has 2 rings (SSSR count). The van der Waals surface area contributed by atoms with Gasteiger partial charge in [-0.1, -0.05) is 64.6 Å². The van der Waals surface area contributed by atoms with Crippen LogP contribution in [0.1, 0.15) is 10.5 Å². The number of hydrogen-bond acceptors (Lipinski definition) is 2. The Morgan fingerprint density at radius 2 is 1.60 bits per heavy atom. The van der Waals surface area contributed by atoms with E-state index in [1.54, 1.807) is 19.2 Å². The van der Waals surface area contributed by atoms with E-state index in [9.17, 15) is 4.79 Å². The molecule has 20 heavy (non-hydrogen) atoms. The third-order valence-electron chi connectivity index (χ3n) is 2.64. The SMILES string of the molecule is CN(C(=O)c1nc(Cl)c(Cl)c(Cl)c1Cl)c1ccccc1. The maximum atomic E-state index is 12.4. The zero-order chi connectivity index (χ0) is 14.9. The van der Waals surface area contributed by atoms with Crippen molar-refractivity contribution in [3.8, 4) is 0 Å². The van der Waals surface area contributed by atoms with Gasteiger partial charge in [-0.25, -0.2) is 4.98 Å². The number of rotatable bonds is 2. The van der Waals surface area contributed by atoms with Gasteiger partial charge < -0.3 is 4.90 Å². The standard InChI is InChI=1S/C13H8Cl4N2O/c1-19(7-5-3-2-4-6-7)13(20)11-9(15)8(14)10(16)12(17)18-11/h2-6H,1H3. The number of nitrogens with zero attached hydrogens (tertiary/aromatic N) is 2. The van der Waals surface area contributed by atoms with E-state index in [4.69, 9.17) is 46.4 Å². The average Bonchev–Trinajstić information content (AvgIpc) is 2.48. The molecule has 0 radical (unpaired) electrons. The molecule has 0 fully saturated rings. The Morgan fingerprint density at radius 3 is 2.20 bits per heavy atom. The number of amides is 1. The van der Waals surface area contributed by atoms with Gasteiger partial charge in [0.2, 0.25) is 0 Å². The smallest absolute Gasteiger partial charge is 0.278 e. The number of carbonyl (C=O) groups is 1. The molecular formula is C13H8Cl4N2O. The highest BCUT2D eigenvalue weighted by Crippen LogP contribution is 2.36. The van der Waals surface area contributed by atoms with E-state index in [-0.39, 0.29) is 25.9 Å². The molecule has 0 spiro atoms. The first kappa shape index (κ1) is 15.4. The summed E-state index contributed by atoms with van der Waals surface area (Å²) in [7, 11) is 1.60. The Balaban J connectivity index is 2.45. The lowest BCUT2D eigenvalue weighted by atomic mass is 10.2. The van der Waals surface area contributed by atoms with Crippen LogP contribution in [0.2, 0.25) is 20.2 Å². The van der Waals surface area contributed by atoms with Crippen LogP contribution in [0.25, 0.3) is 0 Å². The van der Waals surface area contributed by atoms with Crippen LogP contribution in [0.4, 0.5) is 5.69 Å². The summed E-state index contributed by atoms with van der Waals surface area (Å²) in [5, 5.41) is -0.0462. The molecule has 0 N–H and O–H groups in total. The van der Waals surface area contributed by atoms with Crippen molar-refractivity contribution in [2.45, 2.75) is 0 Å². The van der Waals surface area contributed by atoms with Gasteiger partial charge in [0.15, 0.2) is 5.69 Å². The fourth-order valence-electron chi connectivity index (χ4n) is 1.56. The number of benzene rings is 1. The highest BCUT2D eigenvalue weighted by molar-refractivity contribution is 6.52. The number of aromatic nitrogens is 1. The molecule has 0 atom stereocenters. The van der Waals surface area contributed by atoms with E-state index in [1.165, 1.54) is 4.90 Å². The van der Waals surface area contributed by atoms with Crippen molar-refractivity contribution in [2.75, 3.05) is 11.9 Å². The van der Waals surface area contributed by atoms with Crippen LogP contribution >= 0.6 is 46.4 Å². The summed E-state index contributed by atoms with van der Waals surface area (Å²) >= 11 is 23.6. The molecular weight excluding hydrogens is 342 g/mol. The molecule has 0 saturated carbocycles. The Hall–Kier alpha value is -1.00. The Labute approximate surface area is 136 Å². The highest BCUT2D eigenvalue weighted by atomic mass is 35.5. The molecule has 0 saturated heterocycles. The second kappa shape index (κ2) is 6.19. The van der Waals surface area contributed by atoms with Gasteiger partial charge in [0, 0.05) is 12.7 Å². The van der Waals surface area contributed by atoms with E-state index >= 15 is 0 Å². The first-order chi connectivity index (χ1) is 9.43.